The van der Waals surface area contributed by atoms with E-state index < -0.39 is 0 Å². The third kappa shape index (κ3) is 5.47. The van der Waals surface area contributed by atoms with E-state index in [1.807, 2.05) is 45.0 Å². The summed E-state index contributed by atoms with van der Waals surface area (Å²) in [7, 11) is 1.57. The zero-order valence-corrected chi connectivity index (χ0v) is 18.5. The molecule has 0 radical (unpaired) electrons. The minimum atomic E-state index is -0.328. The SMILES string of the molecule is COc1ccc(Br)c(CNc2ccc3c(c2)OCO3)c1OCC(=O)NC(C)(C)C. The first kappa shape index (κ1) is 21.1. The molecule has 1 amide bonds. The van der Waals surface area contributed by atoms with Crippen LogP contribution >= 0.6 is 15.9 Å². The molecule has 0 aliphatic carbocycles. The van der Waals surface area contributed by atoms with Gasteiger partial charge in [-0.1, -0.05) is 15.9 Å². The van der Waals surface area contributed by atoms with E-state index in [2.05, 4.69) is 26.6 Å². The Kier molecular flexibility index (Phi) is 6.42. The number of carbonyl (C=O) groups is 1. The van der Waals surface area contributed by atoms with Crippen molar-refractivity contribution in [1.82, 2.24) is 5.32 Å². The van der Waals surface area contributed by atoms with Gasteiger partial charge in [0.25, 0.3) is 5.91 Å². The molecule has 2 aromatic rings. The molecule has 156 valence electrons. The minimum absolute atomic E-state index is 0.110. The summed E-state index contributed by atoms with van der Waals surface area (Å²) in [5.74, 6) is 2.30. The first-order valence-electron chi connectivity index (χ1n) is 9.19. The van der Waals surface area contributed by atoms with Gasteiger partial charge in [0.2, 0.25) is 6.79 Å². The molecule has 0 spiro atoms. The van der Waals surface area contributed by atoms with Crippen LogP contribution in [0.25, 0.3) is 0 Å². The fourth-order valence-corrected chi connectivity index (χ4v) is 3.31. The van der Waals surface area contributed by atoms with Crippen molar-refractivity contribution in [3.63, 3.8) is 0 Å². The van der Waals surface area contributed by atoms with E-state index in [-0.39, 0.29) is 24.8 Å². The minimum Gasteiger partial charge on any atom is -0.493 e. The Morgan fingerprint density at radius 3 is 2.66 bits per heavy atom. The van der Waals surface area contributed by atoms with Crippen molar-refractivity contribution in [1.29, 1.82) is 0 Å². The van der Waals surface area contributed by atoms with Crippen LogP contribution in [0.1, 0.15) is 26.3 Å². The third-order valence-corrected chi connectivity index (χ3v) is 4.83. The molecule has 1 heterocycles. The van der Waals surface area contributed by atoms with E-state index in [9.17, 15) is 4.79 Å². The maximum Gasteiger partial charge on any atom is 0.258 e. The predicted octanol–water partition coefficient (Wildman–Crippen LogP) is 4.09. The largest absolute Gasteiger partial charge is 0.493 e. The van der Waals surface area contributed by atoms with E-state index in [1.165, 1.54) is 0 Å². The van der Waals surface area contributed by atoms with Gasteiger partial charge in [0.1, 0.15) is 0 Å². The van der Waals surface area contributed by atoms with Crippen molar-refractivity contribution in [2.24, 2.45) is 0 Å². The first-order chi connectivity index (χ1) is 13.8. The Morgan fingerprint density at radius 2 is 1.93 bits per heavy atom. The molecule has 1 aliphatic heterocycles. The Hall–Kier alpha value is -2.61. The lowest BCUT2D eigenvalue weighted by Crippen LogP contribution is -2.43. The molecular weight excluding hydrogens is 440 g/mol. The van der Waals surface area contributed by atoms with E-state index in [0.717, 1.165) is 21.5 Å². The predicted molar refractivity (Wildman–Crippen MR) is 114 cm³/mol. The van der Waals surface area contributed by atoms with Crippen molar-refractivity contribution in [2.75, 3.05) is 25.8 Å². The normalized spacial score (nSPS) is 12.4. The fourth-order valence-electron chi connectivity index (χ4n) is 2.86. The van der Waals surface area contributed by atoms with Crippen LogP contribution in [-0.4, -0.2) is 32.0 Å². The fraction of sp³-hybridized carbons (Fsp3) is 0.381. The smallest absolute Gasteiger partial charge is 0.258 e. The molecule has 0 bridgehead atoms. The maximum absolute atomic E-state index is 12.2. The molecule has 2 aromatic carbocycles. The van der Waals surface area contributed by atoms with Crippen molar-refractivity contribution >= 4 is 27.5 Å². The average molecular weight is 465 g/mol. The van der Waals surface area contributed by atoms with E-state index >= 15 is 0 Å². The number of rotatable bonds is 7. The highest BCUT2D eigenvalue weighted by molar-refractivity contribution is 9.10. The van der Waals surface area contributed by atoms with Gasteiger partial charge in [-0.05, 0) is 45.0 Å². The number of hydrogen-bond donors (Lipinski definition) is 2. The summed E-state index contributed by atoms with van der Waals surface area (Å²) in [5, 5.41) is 6.23. The Morgan fingerprint density at radius 1 is 1.17 bits per heavy atom. The number of halogens is 1. The van der Waals surface area contributed by atoms with Gasteiger partial charge < -0.3 is 29.6 Å². The number of amides is 1. The van der Waals surface area contributed by atoms with E-state index in [4.69, 9.17) is 18.9 Å². The number of carbonyl (C=O) groups excluding carboxylic acids is 1. The number of ether oxygens (including phenoxy) is 4. The number of fused-ring (bicyclic) bond motifs is 1. The molecule has 0 fully saturated rings. The molecule has 0 saturated heterocycles. The summed E-state index contributed by atoms with van der Waals surface area (Å²) >= 11 is 3.57. The van der Waals surface area contributed by atoms with Gasteiger partial charge in [-0.15, -0.1) is 0 Å². The standard InChI is InChI=1S/C21H25BrN2O5/c1-21(2,3)24-19(25)11-27-20-14(15(22)6-8-17(20)26-4)10-23-13-5-7-16-18(9-13)29-12-28-16/h5-9,23H,10-12H2,1-4H3,(H,24,25). The monoisotopic (exact) mass is 464 g/mol. The number of benzene rings is 2. The Balaban J connectivity index is 1.75. The number of methoxy groups -OCH3 is 1. The first-order valence-corrected chi connectivity index (χ1v) is 9.99. The second kappa shape index (κ2) is 8.82. The number of anilines is 1. The topological polar surface area (TPSA) is 78.1 Å². The molecule has 3 rings (SSSR count). The molecule has 0 aromatic heterocycles. The molecular formula is C21H25BrN2O5. The average Bonchev–Trinajstić information content (AvgIpc) is 3.12. The zero-order chi connectivity index (χ0) is 21.0. The van der Waals surface area contributed by atoms with E-state index in [1.54, 1.807) is 13.2 Å². The van der Waals surface area contributed by atoms with Crippen molar-refractivity contribution < 1.29 is 23.7 Å². The van der Waals surface area contributed by atoms with Crippen molar-refractivity contribution in [3.05, 3.63) is 40.4 Å². The second-order valence-electron chi connectivity index (χ2n) is 7.57. The molecule has 29 heavy (non-hydrogen) atoms. The lowest BCUT2D eigenvalue weighted by Gasteiger charge is -2.22. The number of hydrogen-bond acceptors (Lipinski definition) is 6. The summed E-state index contributed by atoms with van der Waals surface area (Å²) in [5.41, 5.74) is 1.39. The van der Waals surface area contributed by atoms with Gasteiger partial charge in [-0.25, -0.2) is 0 Å². The molecule has 2 N–H and O–H groups in total. The van der Waals surface area contributed by atoms with Crippen LogP contribution in [0.3, 0.4) is 0 Å². The highest BCUT2D eigenvalue weighted by Crippen LogP contribution is 2.38. The lowest BCUT2D eigenvalue weighted by molar-refractivity contribution is -0.124. The van der Waals surface area contributed by atoms with Gasteiger partial charge in [-0.3, -0.25) is 4.79 Å². The van der Waals surface area contributed by atoms with Crippen LogP contribution in [0.4, 0.5) is 5.69 Å². The van der Waals surface area contributed by atoms with Crippen molar-refractivity contribution in [2.45, 2.75) is 32.9 Å². The molecule has 0 unspecified atom stereocenters. The summed E-state index contributed by atoms with van der Waals surface area (Å²) in [6, 6.07) is 9.34. The second-order valence-corrected chi connectivity index (χ2v) is 8.42. The van der Waals surface area contributed by atoms with Gasteiger partial charge in [-0.2, -0.15) is 0 Å². The van der Waals surface area contributed by atoms with E-state index in [0.29, 0.717) is 23.8 Å². The molecule has 0 saturated carbocycles. The Bertz CT molecular complexity index is 895. The third-order valence-electron chi connectivity index (χ3n) is 4.09. The molecule has 7 nitrogen and oxygen atoms in total. The molecule has 0 atom stereocenters. The zero-order valence-electron chi connectivity index (χ0n) is 16.9. The lowest BCUT2D eigenvalue weighted by atomic mass is 10.1. The summed E-state index contributed by atoms with van der Waals surface area (Å²) in [6.07, 6.45) is 0. The highest BCUT2D eigenvalue weighted by atomic mass is 79.9. The van der Waals surface area contributed by atoms with Crippen molar-refractivity contribution in [3.8, 4) is 23.0 Å². The van der Waals surface area contributed by atoms with Crippen LogP contribution in [0.2, 0.25) is 0 Å². The summed E-state index contributed by atoms with van der Waals surface area (Å²) in [4.78, 5) is 12.2. The van der Waals surface area contributed by atoms with Crippen LogP contribution in [0, 0.1) is 0 Å². The van der Waals surface area contributed by atoms with Crippen LogP contribution < -0.4 is 29.6 Å². The Labute approximate surface area is 178 Å². The maximum atomic E-state index is 12.2. The van der Waals surface area contributed by atoms with Crippen LogP contribution in [-0.2, 0) is 11.3 Å². The quantitative estimate of drug-likeness (QED) is 0.642. The van der Waals surface area contributed by atoms with Gasteiger partial charge in [0, 0.05) is 33.9 Å². The molecule has 1 aliphatic rings. The highest BCUT2D eigenvalue weighted by Gasteiger charge is 2.19. The van der Waals surface area contributed by atoms with Gasteiger partial charge in [0.15, 0.2) is 29.6 Å². The van der Waals surface area contributed by atoms with Crippen LogP contribution in [0.15, 0.2) is 34.8 Å². The molecule has 8 heteroatoms. The summed E-state index contributed by atoms with van der Waals surface area (Å²) in [6.45, 7) is 6.34. The number of nitrogens with one attached hydrogen (secondary N) is 2. The summed E-state index contributed by atoms with van der Waals surface area (Å²) < 4.78 is 22.9. The van der Waals surface area contributed by atoms with Crippen LogP contribution in [0.5, 0.6) is 23.0 Å². The van der Waals surface area contributed by atoms with Gasteiger partial charge in [0.05, 0.1) is 7.11 Å². The van der Waals surface area contributed by atoms with Gasteiger partial charge >= 0.3 is 0 Å².